The van der Waals surface area contributed by atoms with Crippen molar-refractivity contribution in [1.82, 2.24) is 0 Å². The van der Waals surface area contributed by atoms with E-state index in [0.717, 1.165) is 8.04 Å². The van der Waals surface area contributed by atoms with Crippen LogP contribution in [0.2, 0.25) is 0 Å². The lowest BCUT2D eigenvalue weighted by Crippen LogP contribution is -1.99. The fourth-order valence-electron chi connectivity index (χ4n) is 1.39. The van der Waals surface area contributed by atoms with E-state index in [4.69, 9.17) is 9.84 Å². The summed E-state index contributed by atoms with van der Waals surface area (Å²) in [5, 5.41) is 9.08. The highest BCUT2D eigenvalue weighted by Gasteiger charge is 2.12. The Morgan fingerprint density at radius 3 is 2.44 bits per heavy atom. The number of carbonyl (C=O) groups is 1. The molecule has 0 aliphatic rings. The molecule has 0 saturated heterocycles. The van der Waals surface area contributed by atoms with Crippen LogP contribution in [0.25, 0.3) is 0 Å². The Morgan fingerprint density at radius 2 is 1.83 bits per heavy atom. The number of aromatic carboxylic acids is 1. The second-order valence-corrected chi connectivity index (χ2v) is 5.66. The Hall–Kier alpha value is -1.08. The van der Waals surface area contributed by atoms with Crippen LogP contribution in [0.5, 0.6) is 11.5 Å². The molecule has 0 fully saturated rings. The number of benzene rings is 2. The van der Waals surface area contributed by atoms with Crippen LogP contribution in [-0.2, 0) is 0 Å². The van der Waals surface area contributed by atoms with Crippen molar-refractivity contribution >= 4 is 44.5 Å². The zero-order chi connectivity index (χ0) is 13.1. The second-order valence-electron chi connectivity index (χ2n) is 3.50. The van der Waals surface area contributed by atoms with Gasteiger partial charge in [0.2, 0.25) is 0 Å². The van der Waals surface area contributed by atoms with Crippen LogP contribution >= 0.6 is 38.5 Å². The maximum Gasteiger partial charge on any atom is 0.339 e. The average Bonchev–Trinajstić information content (AvgIpc) is 2.32. The van der Waals surface area contributed by atoms with E-state index in [0.29, 0.717) is 11.5 Å². The van der Waals surface area contributed by atoms with Gasteiger partial charge in [0.05, 0.1) is 0 Å². The van der Waals surface area contributed by atoms with Crippen molar-refractivity contribution in [2.75, 3.05) is 0 Å². The van der Waals surface area contributed by atoms with Crippen LogP contribution in [0.15, 0.2) is 46.9 Å². The molecule has 0 radical (unpaired) electrons. The van der Waals surface area contributed by atoms with Gasteiger partial charge < -0.3 is 9.84 Å². The maximum absolute atomic E-state index is 11.1. The van der Waals surface area contributed by atoms with Crippen LogP contribution in [0.4, 0.5) is 0 Å². The number of rotatable bonds is 3. The van der Waals surface area contributed by atoms with E-state index in [-0.39, 0.29) is 5.56 Å². The summed E-state index contributed by atoms with van der Waals surface area (Å²) in [7, 11) is 0. The Labute approximate surface area is 126 Å². The van der Waals surface area contributed by atoms with Crippen molar-refractivity contribution in [3.8, 4) is 11.5 Å². The third-order valence-electron chi connectivity index (χ3n) is 2.22. The van der Waals surface area contributed by atoms with E-state index in [1.165, 1.54) is 6.07 Å². The molecular weight excluding hydrogens is 411 g/mol. The molecule has 2 aromatic rings. The Kier molecular flexibility index (Phi) is 4.23. The highest BCUT2D eigenvalue weighted by molar-refractivity contribution is 14.1. The van der Waals surface area contributed by atoms with Crippen LogP contribution in [0.3, 0.4) is 0 Å². The highest BCUT2D eigenvalue weighted by atomic mass is 127. The fourth-order valence-corrected chi connectivity index (χ4v) is 2.09. The summed E-state index contributed by atoms with van der Waals surface area (Å²) in [5.74, 6) is -0.0860. The van der Waals surface area contributed by atoms with Crippen LogP contribution in [0.1, 0.15) is 10.4 Å². The van der Waals surface area contributed by atoms with Crippen molar-refractivity contribution < 1.29 is 14.6 Å². The first-order valence-corrected chi connectivity index (χ1v) is 6.90. The molecule has 0 bridgehead atoms. The summed E-state index contributed by atoms with van der Waals surface area (Å²) in [6.07, 6.45) is 0. The summed E-state index contributed by atoms with van der Waals surface area (Å²) < 4.78 is 7.45. The standard InChI is InChI=1S/C13H8BrIO3/c14-8-1-6-11(13(16)17)12(7-8)18-10-4-2-9(15)3-5-10/h1-7H,(H,16,17). The van der Waals surface area contributed by atoms with Gasteiger partial charge in [-0.2, -0.15) is 0 Å². The largest absolute Gasteiger partial charge is 0.478 e. The number of halogens is 2. The average molecular weight is 419 g/mol. The monoisotopic (exact) mass is 418 g/mol. The normalized spacial score (nSPS) is 10.1. The molecule has 0 atom stereocenters. The van der Waals surface area contributed by atoms with E-state index in [2.05, 4.69) is 38.5 Å². The van der Waals surface area contributed by atoms with Gasteiger partial charge in [-0.1, -0.05) is 15.9 Å². The zero-order valence-electron chi connectivity index (χ0n) is 9.06. The minimum absolute atomic E-state index is 0.136. The molecule has 0 amide bonds. The lowest BCUT2D eigenvalue weighted by Gasteiger charge is -2.09. The van der Waals surface area contributed by atoms with Gasteiger partial charge in [-0.25, -0.2) is 4.79 Å². The fraction of sp³-hybridized carbons (Fsp3) is 0. The first-order valence-electron chi connectivity index (χ1n) is 5.02. The minimum Gasteiger partial charge on any atom is -0.478 e. The summed E-state index contributed by atoms with van der Waals surface area (Å²) >= 11 is 5.49. The number of hydrogen-bond acceptors (Lipinski definition) is 2. The number of ether oxygens (including phenoxy) is 1. The molecular formula is C13H8BrIO3. The summed E-state index contributed by atoms with van der Waals surface area (Å²) in [4.78, 5) is 11.1. The van der Waals surface area contributed by atoms with Crippen molar-refractivity contribution in [3.05, 3.63) is 56.1 Å². The predicted octanol–water partition coefficient (Wildman–Crippen LogP) is 4.54. The Morgan fingerprint density at radius 1 is 1.17 bits per heavy atom. The molecule has 2 aromatic carbocycles. The Balaban J connectivity index is 2.35. The molecule has 92 valence electrons. The molecule has 3 nitrogen and oxygen atoms in total. The highest BCUT2D eigenvalue weighted by Crippen LogP contribution is 2.29. The molecule has 0 aliphatic heterocycles. The number of carboxylic acid groups (broad SMARTS) is 1. The number of carboxylic acids is 1. The van der Waals surface area contributed by atoms with Gasteiger partial charge in [0.15, 0.2) is 0 Å². The first-order chi connectivity index (χ1) is 8.56. The number of hydrogen-bond donors (Lipinski definition) is 1. The van der Waals surface area contributed by atoms with E-state index < -0.39 is 5.97 Å². The van der Waals surface area contributed by atoms with Gasteiger partial charge in [0.1, 0.15) is 17.1 Å². The van der Waals surface area contributed by atoms with Crippen LogP contribution in [0, 0.1) is 3.57 Å². The van der Waals surface area contributed by atoms with Gasteiger partial charge in [-0.3, -0.25) is 0 Å². The third kappa shape index (κ3) is 3.23. The Bertz CT molecular complexity index is 581. The second kappa shape index (κ2) is 5.71. The van der Waals surface area contributed by atoms with Gasteiger partial charge >= 0.3 is 5.97 Å². The van der Waals surface area contributed by atoms with E-state index in [1.54, 1.807) is 24.3 Å². The molecule has 0 saturated carbocycles. The lowest BCUT2D eigenvalue weighted by molar-refractivity contribution is 0.0694. The predicted molar refractivity (Wildman–Crippen MR) is 80.3 cm³/mol. The lowest BCUT2D eigenvalue weighted by atomic mass is 10.2. The molecule has 0 heterocycles. The third-order valence-corrected chi connectivity index (χ3v) is 3.43. The van der Waals surface area contributed by atoms with Crippen molar-refractivity contribution in [2.45, 2.75) is 0 Å². The molecule has 18 heavy (non-hydrogen) atoms. The van der Waals surface area contributed by atoms with Crippen molar-refractivity contribution in [2.24, 2.45) is 0 Å². The summed E-state index contributed by atoms with van der Waals surface area (Å²) in [5.41, 5.74) is 0.136. The summed E-state index contributed by atoms with van der Waals surface area (Å²) in [6.45, 7) is 0. The van der Waals surface area contributed by atoms with Crippen molar-refractivity contribution in [3.63, 3.8) is 0 Å². The maximum atomic E-state index is 11.1. The SMILES string of the molecule is O=C(O)c1ccc(Br)cc1Oc1ccc(I)cc1. The van der Waals surface area contributed by atoms with E-state index >= 15 is 0 Å². The topological polar surface area (TPSA) is 46.5 Å². The molecule has 0 unspecified atom stereocenters. The van der Waals surface area contributed by atoms with E-state index in [1.807, 2.05) is 12.1 Å². The molecule has 0 spiro atoms. The minimum atomic E-state index is -1.01. The van der Waals surface area contributed by atoms with Gasteiger partial charge in [-0.05, 0) is 65.1 Å². The molecule has 0 aliphatic carbocycles. The molecule has 5 heteroatoms. The first kappa shape index (κ1) is 13.4. The van der Waals surface area contributed by atoms with Gasteiger partial charge in [0.25, 0.3) is 0 Å². The van der Waals surface area contributed by atoms with Crippen LogP contribution in [-0.4, -0.2) is 11.1 Å². The smallest absolute Gasteiger partial charge is 0.339 e. The van der Waals surface area contributed by atoms with E-state index in [9.17, 15) is 4.79 Å². The van der Waals surface area contributed by atoms with Gasteiger partial charge in [0, 0.05) is 8.04 Å². The van der Waals surface area contributed by atoms with Gasteiger partial charge in [-0.15, -0.1) is 0 Å². The summed E-state index contributed by atoms with van der Waals surface area (Å²) in [6, 6.07) is 12.2. The van der Waals surface area contributed by atoms with Crippen LogP contribution < -0.4 is 4.74 Å². The molecule has 1 N–H and O–H groups in total. The zero-order valence-corrected chi connectivity index (χ0v) is 12.8. The van der Waals surface area contributed by atoms with Crippen molar-refractivity contribution in [1.29, 1.82) is 0 Å². The molecule has 2 rings (SSSR count). The quantitative estimate of drug-likeness (QED) is 0.744. The molecule has 0 aromatic heterocycles.